The predicted molar refractivity (Wildman–Crippen MR) is 57.9 cm³/mol. The van der Waals surface area contributed by atoms with Gasteiger partial charge >= 0.3 is 5.97 Å². The molecule has 2 heterocycles. The van der Waals surface area contributed by atoms with E-state index in [1.807, 2.05) is 0 Å². The van der Waals surface area contributed by atoms with Gasteiger partial charge in [0.2, 0.25) is 5.78 Å². The van der Waals surface area contributed by atoms with Crippen molar-refractivity contribution < 1.29 is 14.7 Å². The Morgan fingerprint density at radius 1 is 1.50 bits per heavy atom. The second-order valence-corrected chi connectivity index (χ2v) is 3.95. The monoisotopic (exact) mass is 236 g/mol. The Labute approximate surface area is 95.0 Å². The van der Waals surface area contributed by atoms with Crippen LogP contribution in [0.3, 0.4) is 0 Å². The number of carbonyl (C=O) groups is 2. The van der Waals surface area contributed by atoms with E-state index in [0.29, 0.717) is 11.3 Å². The van der Waals surface area contributed by atoms with Gasteiger partial charge in [0.15, 0.2) is 0 Å². The maximum absolute atomic E-state index is 11.8. The molecule has 0 aliphatic carbocycles. The van der Waals surface area contributed by atoms with E-state index in [4.69, 9.17) is 5.11 Å². The van der Waals surface area contributed by atoms with Crippen molar-refractivity contribution >= 4 is 23.1 Å². The lowest BCUT2D eigenvalue weighted by Gasteiger charge is -1.93. The van der Waals surface area contributed by atoms with E-state index in [2.05, 4.69) is 4.98 Å². The van der Waals surface area contributed by atoms with E-state index in [0.717, 1.165) is 0 Å². The molecule has 0 fully saturated rings. The molecule has 0 aromatic carbocycles. The van der Waals surface area contributed by atoms with E-state index in [-0.39, 0.29) is 11.5 Å². The highest BCUT2D eigenvalue weighted by atomic mass is 32.1. The van der Waals surface area contributed by atoms with Crippen molar-refractivity contribution in [1.29, 1.82) is 0 Å². The van der Waals surface area contributed by atoms with E-state index < -0.39 is 5.97 Å². The Hall–Kier alpha value is -1.95. The molecule has 1 N–H and O–H groups in total. The van der Waals surface area contributed by atoms with Crippen molar-refractivity contribution in [2.24, 2.45) is 7.05 Å². The molecular formula is C10H8N2O3S. The van der Waals surface area contributed by atoms with Gasteiger partial charge in [-0.25, -0.2) is 9.78 Å². The average molecular weight is 236 g/mol. The summed E-state index contributed by atoms with van der Waals surface area (Å²) < 4.78 is 1.40. The summed E-state index contributed by atoms with van der Waals surface area (Å²) in [6.45, 7) is 0. The van der Waals surface area contributed by atoms with Crippen molar-refractivity contribution in [3.05, 3.63) is 40.1 Å². The van der Waals surface area contributed by atoms with Crippen LogP contribution in [0.4, 0.5) is 0 Å². The summed E-state index contributed by atoms with van der Waals surface area (Å²) in [7, 11) is 1.58. The summed E-state index contributed by atoms with van der Waals surface area (Å²) in [4.78, 5) is 26.5. The van der Waals surface area contributed by atoms with Crippen molar-refractivity contribution in [3.8, 4) is 0 Å². The predicted octanol–water partition coefficient (Wildman–Crippen LogP) is 1.41. The summed E-state index contributed by atoms with van der Waals surface area (Å²) >= 11 is 1.32. The molecule has 6 heteroatoms. The first kappa shape index (κ1) is 10.6. The topological polar surface area (TPSA) is 72.2 Å². The molecule has 0 spiro atoms. The molecule has 0 saturated carbocycles. The number of carboxylic acid groups (broad SMARTS) is 1. The molecule has 82 valence electrons. The van der Waals surface area contributed by atoms with Crippen LogP contribution < -0.4 is 0 Å². The van der Waals surface area contributed by atoms with Crippen LogP contribution in [0, 0.1) is 0 Å². The third kappa shape index (κ3) is 1.74. The maximum Gasteiger partial charge on any atom is 0.352 e. The number of nitrogens with zero attached hydrogens (tertiary/aromatic N) is 2. The zero-order chi connectivity index (χ0) is 11.7. The van der Waals surface area contributed by atoms with Gasteiger partial charge in [-0.3, -0.25) is 4.79 Å². The molecule has 0 saturated heterocycles. The van der Waals surface area contributed by atoms with Crippen LogP contribution in [0.25, 0.3) is 0 Å². The number of thiazole rings is 1. The summed E-state index contributed by atoms with van der Waals surface area (Å²) in [6, 6.07) is 1.35. The SMILES string of the molecule is Cn1cc(C(=O)c2cscn2)cc1C(=O)O. The van der Waals surface area contributed by atoms with Crippen LogP contribution in [-0.2, 0) is 7.05 Å². The molecule has 0 unspecified atom stereocenters. The zero-order valence-corrected chi connectivity index (χ0v) is 9.19. The van der Waals surface area contributed by atoms with Crippen molar-refractivity contribution in [3.63, 3.8) is 0 Å². The van der Waals surface area contributed by atoms with Crippen LogP contribution >= 0.6 is 11.3 Å². The highest BCUT2D eigenvalue weighted by molar-refractivity contribution is 7.07. The normalized spacial score (nSPS) is 10.3. The van der Waals surface area contributed by atoms with Crippen molar-refractivity contribution in [2.75, 3.05) is 0 Å². The molecule has 2 aromatic rings. The number of carbonyl (C=O) groups excluding carboxylic acids is 1. The van der Waals surface area contributed by atoms with E-state index in [1.54, 1.807) is 17.9 Å². The molecule has 2 aromatic heterocycles. The highest BCUT2D eigenvalue weighted by Crippen LogP contribution is 2.13. The number of aromatic carboxylic acids is 1. The Bertz CT molecular complexity index is 542. The smallest absolute Gasteiger partial charge is 0.352 e. The molecule has 5 nitrogen and oxygen atoms in total. The number of aryl methyl sites for hydroxylation is 1. The number of rotatable bonds is 3. The first-order valence-corrected chi connectivity index (χ1v) is 5.36. The van der Waals surface area contributed by atoms with Crippen LogP contribution in [0.2, 0.25) is 0 Å². The minimum absolute atomic E-state index is 0.0820. The van der Waals surface area contributed by atoms with E-state index in [9.17, 15) is 9.59 Å². The van der Waals surface area contributed by atoms with Crippen molar-refractivity contribution in [2.45, 2.75) is 0 Å². The van der Waals surface area contributed by atoms with Gasteiger partial charge in [0.1, 0.15) is 11.4 Å². The van der Waals surface area contributed by atoms with Gasteiger partial charge in [-0.15, -0.1) is 11.3 Å². The van der Waals surface area contributed by atoms with Crippen LogP contribution in [0.5, 0.6) is 0 Å². The molecule has 2 rings (SSSR count). The molecule has 0 aliphatic heterocycles. The fraction of sp³-hybridized carbons (Fsp3) is 0.100. The molecular weight excluding hydrogens is 228 g/mol. The van der Waals surface area contributed by atoms with Crippen LogP contribution in [0.15, 0.2) is 23.2 Å². The Kier molecular flexibility index (Phi) is 2.57. The lowest BCUT2D eigenvalue weighted by atomic mass is 10.2. The number of hydrogen-bond acceptors (Lipinski definition) is 4. The first-order valence-electron chi connectivity index (χ1n) is 4.42. The fourth-order valence-electron chi connectivity index (χ4n) is 1.37. The second kappa shape index (κ2) is 3.90. The van der Waals surface area contributed by atoms with Gasteiger partial charge < -0.3 is 9.67 Å². The Morgan fingerprint density at radius 2 is 2.25 bits per heavy atom. The van der Waals surface area contributed by atoms with E-state index in [1.165, 1.54) is 28.2 Å². The van der Waals surface area contributed by atoms with Gasteiger partial charge in [0, 0.05) is 24.2 Å². The van der Waals surface area contributed by atoms with Crippen molar-refractivity contribution in [1.82, 2.24) is 9.55 Å². The van der Waals surface area contributed by atoms with Gasteiger partial charge in [-0.05, 0) is 6.07 Å². The quantitative estimate of drug-likeness (QED) is 0.818. The van der Waals surface area contributed by atoms with Gasteiger partial charge in [0.05, 0.1) is 5.51 Å². The lowest BCUT2D eigenvalue weighted by Crippen LogP contribution is -2.02. The van der Waals surface area contributed by atoms with Gasteiger partial charge in [-0.1, -0.05) is 0 Å². The highest BCUT2D eigenvalue weighted by Gasteiger charge is 2.17. The number of carboxylic acids is 1. The van der Waals surface area contributed by atoms with E-state index >= 15 is 0 Å². The third-order valence-electron chi connectivity index (χ3n) is 2.15. The molecule has 16 heavy (non-hydrogen) atoms. The molecule has 0 amide bonds. The Morgan fingerprint density at radius 3 is 2.75 bits per heavy atom. The minimum Gasteiger partial charge on any atom is -0.477 e. The molecule has 0 aliphatic rings. The molecule has 0 bridgehead atoms. The summed E-state index contributed by atoms with van der Waals surface area (Å²) in [6.07, 6.45) is 1.49. The average Bonchev–Trinajstić information content (AvgIpc) is 2.84. The van der Waals surface area contributed by atoms with Crippen LogP contribution in [0.1, 0.15) is 26.5 Å². The largest absolute Gasteiger partial charge is 0.477 e. The minimum atomic E-state index is -1.06. The fourth-order valence-corrected chi connectivity index (χ4v) is 1.91. The molecule has 0 radical (unpaired) electrons. The third-order valence-corrected chi connectivity index (χ3v) is 2.74. The molecule has 0 atom stereocenters. The summed E-state index contributed by atoms with van der Waals surface area (Å²) in [5.41, 5.74) is 2.32. The number of hydrogen-bond donors (Lipinski definition) is 1. The van der Waals surface area contributed by atoms with Gasteiger partial charge in [-0.2, -0.15) is 0 Å². The number of ketones is 1. The Balaban J connectivity index is 2.39. The number of aromatic nitrogens is 2. The maximum atomic E-state index is 11.8. The summed E-state index contributed by atoms with van der Waals surface area (Å²) in [5, 5.41) is 10.5. The van der Waals surface area contributed by atoms with Gasteiger partial charge in [0.25, 0.3) is 0 Å². The van der Waals surface area contributed by atoms with Crippen LogP contribution in [-0.4, -0.2) is 26.4 Å². The standard InChI is InChI=1S/C10H8N2O3S/c1-12-3-6(2-8(12)10(14)15)9(13)7-4-16-5-11-7/h2-5H,1H3,(H,14,15). The lowest BCUT2D eigenvalue weighted by molar-refractivity contribution is 0.0686. The zero-order valence-electron chi connectivity index (χ0n) is 8.38. The summed E-state index contributed by atoms with van der Waals surface area (Å²) in [5.74, 6) is -1.32. The second-order valence-electron chi connectivity index (χ2n) is 3.23. The first-order chi connectivity index (χ1) is 7.59.